The van der Waals surface area contributed by atoms with E-state index in [4.69, 9.17) is 0 Å². The van der Waals surface area contributed by atoms with Gasteiger partial charge in [-0.15, -0.1) is 5.10 Å². The van der Waals surface area contributed by atoms with Crippen LogP contribution in [0.3, 0.4) is 0 Å². The zero-order valence-electron chi connectivity index (χ0n) is 23.4. The van der Waals surface area contributed by atoms with Crippen LogP contribution in [0.4, 0.5) is 0 Å². The number of nitrogens with one attached hydrogen (secondary N) is 1. The molecule has 0 fully saturated rings. The summed E-state index contributed by atoms with van der Waals surface area (Å²) in [5, 5.41) is 23.3. The summed E-state index contributed by atoms with van der Waals surface area (Å²) >= 11 is 0. The molecule has 0 aliphatic rings. The van der Waals surface area contributed by atoms with Crippen LogP contribution in [0.2, 0.25) is 0 Å². The number of hydrogen-bond donors (Lipinski definition) is 2. The fourth-order valence-electron chi connectivity index (χ4n) is 4.91. The molecule has 0 radical (unpaired) electrons. The Morgan fingerprint density at radius 3 is 2.12 bits per heavy atom. The summed E-state index contributed by atoms with van der Waals surface area (Å²) in [7, 11) is 0. The largest absolute Gasteiger partial charge is 0.387 e. The molecule has 0 bridgehead atoms. The van der Waals surface area contributed by atoms with Crippen molar-refractivity contribution in [1.29, 1.82) is 0 Å². The van der Waals surface area contributed by atoms with Gasteiger partial charge in [-0.05, 0) is 44.4 Å². The van der Waals surface area contributed by atoms with Crippen molar-refractivity contribution < 1.29 is 9.90 Å². The molecule has 34 heavy (non-hydrogen) atoms. The maximum absolute atomic E-state index is 12.9. The quantitative estimate of drug-likeness (QED) is 0.219. The van der Waals surface area contributed by atoms with Gasteiger partial charge in [-0.3, -0.25) is 4.79 Å². The zero-order valence-corrected chi connectivity index (χ0v) is 23.4. The van der Waals surface area contributed by atoms with Crippen molar-refractivity contribution in [2.24, 2.45) is 5.41 Å². The standard InChI is InChI=1S/C28H54N4O2/c1-8-12-15-16-19-26(5,6)28(34,11-4)23-32-24(22-29-31-32)17-18-25(33)30-27(7,20-13-9-2)21-14-10-3/h22,34H,8-21,23H2,1-7H3,(H,30,33)/t28-/m1/s1. The third-order valence-corrected chi connectivity index (χ3v) is 7.82. The molecule has 1 aromatic rings. The Balaban J connectivity index is 2.78. The van der Waals surface area contributed by atoms with Crippen LogP contribution in [0.15, 0.2) is 6.20 Å². The number of aliphatic hydroxyl groups is 1. The SMILES string of the molecule is CCCCCCC(C)(C)[C@@](O)(CC)Cn1nncc1CCC(=O)NC(C)(CCCC)CCCC. The number of unbranched alkanes of at least 4 members (excludes halogenated alkanes) is 5. The van der Waals surface area contributed by atoms with Gasteiger partial charge in [-0.2, -0.15) is 0 Å². The van der Waals surface area contributed by atoms with Crippen LogP contribution in [-0.2, 0) is 17.8 Å². The number of hydrogen-bond acceptors (Lipinski definition) is 4. The van der Waals surface area contributed by atoms with Crippen molar-refractivity contribution in [2.45, 2.75) is 156 Å². The summed E-state index contributed by atoms with van der Waals surface area (Å²) in [6.45, 7) is 15.6. The predicted octanol–water partition coefficient (Wildman–Crippen LogP) is 6.60. The van der Waals surface area contributed by atoms with E-state index >= 15 is 0 Å². The van der Waals surface area contributed by atoms with Gasteiger partial charge in [0.15, 0.2) is 0 Å². The molecular formula is C28H54N4O2. The van der Waals surface area contributed by atoms with E-state index in [0.717, 1.165) is 57.1 Å². The molecule has 1 rings (SSSR count). The lowest BCUT2D eigenvalue weighted by Gasteiger charge is -2.42. The number of carbonyl (C=O) groups is 1. The van der Waals surface area contributed by atoms with Gasteiger partial charge < -0.3 is 10.4 Å². The Morgan fingerprint density at radius 2 is 1.56 bits per heavy atom. The van der Waals surface area contributed by atoms with Crippen LogP contribution in [0.5, 0.6) is 0 Å². The van der Waals surface area contributed by atoms with Crippen molar-refractivity contribution >= 4 is 5.91 Å². The van der Waals surface area contributed by atoms with E-state index in [1.807, 2.05) is 11.6 Å². The first-order chi connectivity index (χ1) is 16.1. The topological polar surface area (TPSA) is 80.0 Å². The molecule has 6 heteroatoms. The minimum atomic E-state index is -0.872. The monoisotopic (exact) mass is 478 g/mol. The Kier molecular flexibility index (Phi) is 13.4. The van der Waals surface area contributed by atoms with Crippen molar-refractivity contribution in [3.63, 3.8) is 0 Å². The highest BCUT2D eigenvalue weighted by Crippen LogP contribution is 2.40. The summed E-state index contributed by atoms with van der Waals surface area (Å²) in [6.07, 6.45) is 15.7. The van der Waals surface area contributed by atoms with Gasteiger partial charge in [0, 0.05) is 12.0 Å². The van der Waals surface area contributed by atoms with Crippen LogP contribution in [0.25, 0.3) is 0 Å². The van der Waals surface area contributed by atoms with Crippen molar-refractivity contribution in [1.82, 2.24) is 20.3 Å². The Labute approximate surface area is 209 Å². The van der Waals surface area contributed by atoms with Gasteiger partial charge in [0.05, 0.1) is 24.0 Å². The van der Waals surface area contributed by atoms with Gasteiger partial charge >= 0.3 is 0 Å². The lowest BCUT2D eigenvalue weighted by Crippen LogP contribution is -2.48. The third kappa shape index (κ3) is 9.67. The van der Waals surface area contributed by atoms with E-state index in [1.54, 1.807) is 6.20 Å². The number of amides is 1. The molecule has 0 spiro atoms. The van der Waals surface area contributed by atoms with Crippen LogP contribution in [0.1, 0.15) is 138 Å². The molecule has 0 saturated heterocycles. The molecule has 1 amide bonds. The van der Waals surface area contributed by atoms with Gasteiger partial charge in [0.25, 0.3) is 0 Å². The Morgan fingerprint density at radius 1 is 0.941 bits per heavy atom. The molecule has 0 aromatic carbocycles. The average Bonchev–Trinajstić information content (AvgIpc) is 3.24. The molecule has 1 heterocycles. The second-order valence-corrected chi connectivity index (χ2v) is 11.3. The van der Waals surface area contributed by atoms with Crippen molar-refractivity contribution in [3.05, 3.63) is 11.9 Å². The van der Waals surface area contributed by atoms with Gasteiger partial charge in [-0.25, -0.2) is 4.68 Å². The first-order valence-electron chi connectivity index (χ1n) is 14.0. The third-order valence-electron chi connectivity index (χ3n) is 7.82. The number of aromatic nitrogens is 3. The Hall–Kier alpha value is -1.43. The minimum absolute atomic E-state index is 0.0875. The molecular weight excluding hydrogens is 424 g/mol. The summed E-state index contributed by atoms with van der Waals surface area (Å²) in [5.41, 5.74) is -0.321. The number of rotatable bonds is 19. The maximum Gasteiger partial charge on any atom is 0.220 e. The lowest BCUT2D eigenvalue weighted by atomic mass is 9.70. The van der Waals surface area contributed by atoms with Crippen molar-refractivity contribution in [3.8, 4) is 0 Å². The minimum Gasteiger partial charge on any atom is -0.387 e. The van der Waals surface area contributed by atoms with Crippen LogP contribution in [0, 0.1) is 5.41 Å². The highest BCUT2D eigenvalue weighted by Gasteiger charge is 2.42. The number of carbonyl (C=O) groups excluding carboxylic acids is 1. The molecule has 6 nitrogen and oxygen atoms in total. The molecule has 0 unspecified atom stereocenters. The normalized spacial score (nSPS) is 14.2. The van der Waals surface area contributed by atoms with E-state index in [9.17, 15) is 9.90 Å². The molecule has 0 aliphatic carbocycles. The molecule has 0 aliphatic heterocycles. The summed E-state index contributed by atoms with van der Waals surface area (Å²) in [5.74, 6) is 0.0875. The van der Waals surface area contributed by atoms with Crippen LogP contribution in [-0.4, -0.2) is 37.1 Å². The first-order valence-corrected chi connectivity index (χ1v) is 14.0. The molecule has 0 saturated carbocycles. The molecule has 2 N–H and O–H groups in total. The van der Waals surface area contributed by atoms with E-state index in [-0.39, 0.29) is 16.9 Å². The summed E-state index contributed by atoms with van der Waals surface area (Å²) < 4.78 is 1.82. The van der Waals surface area contributed by atoms with Gasteiger partial charge in [0.1, 0.15) is 0 Å². The molecule has 1 aromatic heterocycles. The second kappa shape index (κ2) is 14.9. The van der Waals surface area contributed by atoms with Crippen LogP contribution >= 0.6 is 0 Å². The first kappa shape index (κ1) is 30.6. The number of aryl methyl sites for hydroxylation is 1. The fourth-order valence-corrected chi connectivity index (χ4v) is 4.91. The molecule has 198 valence electrons. The second-order valence-electron chi connectivity index (χ2n) is 11.3. The van der Waals surface area contributed by atoms with Crippen molar-refractivity contribution in [2.75, 3.05) is 0 Å². The maximum atomic E-state index is 12.9. The summed E-state index contributed by atoms with van der Waals surface area (Å²) in [6, 6.07) is 0. The average molecular weight is 479 g/mol. The van der Waals surface area contributed by atoms with Gasteiger partial charge in [-0.1, -0.05) is 98.1 Å². The summed E-state index contributed by atoms with van der Waals surface area (Å²) in [4.78, 5) is 12.9. The molecule has 1 atom stereocenters. The van der Waals surface area contributed by atoms with E-state index in [0.29, 0.717) is 25.8 Å². The fraction of sp³-hybridized carbons (Fsp3) is 0.893. The van der Waals surface area contributed by atoms with E-state index in [1.165, 1.54) is 19.3 Å². The predicted molar refractivity (Wildman–Crippen MR) is 142 cm³/mol. The van der Waals surface area contributed by atoms with E-state index in [2.05, 4.69) is 57.2 Å². The zero-order chi connectivity index (χ0) is 25.7. The van der Waals surface area contributed by atoms with Gasteiger partial charge in [0.2, 0.25) is 5.91 Å². The Bertz CT molecular complexity index is 692. The smallest absolute Gasteiger partial charge is 0.220 e. The lowest BCUT2D eigenvalue weighted by molar-refractivity contribution is -0.123. The van der Waals surface area contributed by atoms with Crippen LogP contribution < -0.4 is 5.32 Å². The highest BCUT2D eigenvalue weighted by molar-refractivity contribution is 5.76. The van der Waals surface area contributed by atoms with E-state index < -0.39 is 5.60 Å². The number of nitrogens with zero attached hydrogens (tertiary/aromatic N) is 3. The highest BCUT2D eigenvalue weighted by atomic mass is 16.3.